The summed E-state index contributed by atoms with van der Waals surface area (Å²) in [6.07, 6.45) is 4.88. The van der Waals surface area contributed by atoms with Crippen molar-refractivity contribution in [3.05, 3.63) is 23.2 Å². The summed E-state index contributed by atoms with van der Waals surface area (Å²) in [5.41, 5.74) is 1.92. The zero-order valence-corrected chi connectivity index (χ0v) is 12.3. The SMILES string of the molecule is CC1CCCCC1NC(=O)c1cc2sccc2n1C. The van der Waals surface area contributed by atoms with Crippen LogP contribution in [-0.4, -0.2) is 16.5 Å². The molecule has 2 heterocycles. The van der Waals surface area contributed by atoms with Crippen LogP contribution in [0.1, 0.15) is 43.1 Å². The van der Waals surface area contributed by atoms with Crippen LogP contribution in [-0.2, 0) is 7.05 Å². The van der Waals surface area contributed by atoms with Crippen LogP contribution in [0.4, 0.5) is 0 Å². The van der Waals surface area contributed by atoms with Crippen molar-refractivity contribution in [1.82, 2.24) is 9.88 Å². The molecule has 3 rings (SSSR count). The van der Waals surface area contributed by atoms with Crippen molar-refractivity contribution in [2.24, 2.45) is 13.0 Å². The third-order valence-corrected chi connectivity index (χ3v) is 5.18. The fourth-order valence-electron chi connectivity index (χ4n) is 3.04. The number of amides is 1. The second-order valence-corrected chi connectivity index (χ2v) is 6.55. The quantitative estimate of drug-likeness (QED) is 0.894. The summed E-state index contributed by atoms with van der Waals surface area (Å²) in [7, 11) is 1.97. The van der Waals surface area contributed by atoms with Gasteiger partial charge in [0.1, 0.15) is 5.69 Å². The summed E-state index contributed by atoms with van der Waals surface area (Å²) in [6, 6.07) is 4.41. The monoisotopic (exact) mass is 276 g/mol. The van der Waals surface area contributed by atoms with E-state index in [1.165, 1.54) is 24.0 Å². The first-order chi connectivity index (χ1) is 9.16. The topological polar surface area (TPSA) is 34.0 Å². The zero-order valence-electron chi connectivity index (χ0n) is 11.5. The van der Waals surface area contributed by atoms with Gasteiger partial charge in [0.15, 0.2) is 0 Å². The number of carbonyl (C=O) groups excluding carboxylic acids is 1. The number of rotatable bonds is 2. The minimum atomic E-state index is 0.0738. The maximum absolute atomic E-state index is 12.4. The standard InChI is InChI=1S/C15H20N2OS/c1-10-5-3-4-6-11(10)16-15(18)13-9-14-12(17(13)2)7-8-19-14/h7-11H,3-6H2,1-2H3,(H,16,18). The molecule has 2 atom stereocenters. The second-order valence-electron chi connectivity index (χ2n) is 5.60. The van der Waals surface area contributed by atoms with E-state index in [9.17, 15) is 4.79 Å². The number of nitrogens with one attached hydrogen (secondary N) is 1. The first kappa shape index (κ1) is 12.7. The minimum Gasteiger partial charge on any atom is -0.348 e. The highest BCUT2D eigenvalue weighted by atomic mass is 32.1. The Balaban J connectivity index is 1.79. The van der Waals surface area contributed by atoms with Crippen molar-refractivity contribution in [2.45, 2.75) is 38.6 Å². The van der Waals surface area contributed by atoms with Crippen molar-refractivity contribution in [3.8, 4) is 0 Å². The lowest BCUT2D eigenvalue weighted by Crippen LogP contribution is -2.41. The highest BCUT2D eigenvalue weighted by Crippen LogP contribution is 2.26. The van der Waals surface area contributed by atoms with Crippen LogP contribution in [0.5, 0.6) is 0 Å². The largest absolute Gasteiger partial charge is 0.348 e. The summed E-state index contributed by atoms with van der Waals surface area (Å²) in [4.78, 5) is 12.4. The van der Waals surface area contributed by atoms with Gasteiger partial charge in [-0.1, -0.05) is 19.8 Å². The normalized spacial score (nSPS) is 23.7. The van der Waals surface area contributed by atoms with Gasteiger partial charge in [-0.3, -0.25) is 4.79 Å². The predicted octanol–water partition coefficient (Wildman–Crippen LogP) is 3.55. The number of fused-ring (bicyclic) bond motifs is 1. The van der Waals surface area contributed by atoms with E-state index >= 15 is 0 Å². The third-order valence-electron chi connectivity index (χ3n) is 4.32. The molecule has 1 N–H and O–H groups in total. The Morgan fingerprint density at radius 2 is 2.21 bits per heavy atom. The number of hydrogen-bond donors (Lipinski definition) is 1. The van der Waals surface area contributed by atoms with Crippen LogP contribution < -0.4 is 5.32 Å². The Labute approximate surface area is 117 Å². The molecule has 1 saturated carbocycles. The van der Waals surface area contributed by atoms with Crippen LogP contribution >= 0.6 is 11.3 Å². The van der Waals surface area contributed by atoms with Crippen molar-refractivity contribution >= 4 is 27.5 Å². The van der Waals surface area contributed by atoms with Crippen LogP contribution in [0.2, 0.25) is 0 Å². The molecule has 0 bridgehead atoms. The molecule has 1 amide bonds. The molecule has 0 spiro atoms. The molecular weight excluding hydrogens is 256 g/mol. The molecule has 19 heavy (non-hydrogen) atoms. The maximum atomic E-state index is 12.4. The fourth-order valence-corrected chi connectivity index (χ4v) is 3.89. The van der Waals surface area contributed by atoms with E-state index in [0.717, 1.165) is 17.6 Å². The highest BCUT2D eigenvalue weighted by molar-refractivity contribution is 7.17. The van der Waals surface area contributed by atoms with Crippen molar-refractivity contribution in [3.63, 3.8) is 0 Å². The van der Waals surface area contributed by atoms with Gasteiger partial charge in [0.25, 0.3) is 5.91 Å². The lowest BCUT2D eigenvalue weighted by molar-refractivity contribution is 0.0902. The second kappa shape index (κ2) is 5.00. The predicted molar refractivity (Wildman–Crippen MR) is 79.7 cm³/mol. The Morgan fingerprint density at radius 3 is 2.95 bits per heavy atom. The summed E-state index contributed by atoms with van der Waals surface area (Å²) >= 11 is 1.69. The molecule has 0 saturated heterocycles. The van der Waals surface area contributed by atoms with Crippen molar-refractivity contribution < 1.29 is 4.79 Å². The summed E-state index contributed by atoms with van der Waals surface area (Å²) in [5.74, 6) is 0.670. The van der Waals surface area contributed by atoms with E-state index in [0.29, 0.717) is 12.0 Å². The fraction of sp³-hybridized carbons (Fsp3) is 0.533. The van der Waals surface area contributed by atoms with E-state index in [4.69, 9.17) is 0 Å². The van der Waals surface area contributed by atoms with Crippen molar-refractivity contribution in [2.75, 3.05) is 0 Å². The van der Waals surface area contributed by atoms with Crippen LogP contribution in [0, 0.1) is 5.92 Å². The Kier molecular flexibility index (Phi) is 3.35. The summed E-state index contributed by atoms with van der Waals surface area (Å²) in [5, 5.41) is 5.29. The van der Waals surface area contributed by atoms with E-state index < -0.39 is 0 Å². The number of aromatic nitrogens is 1. The number of aryl methyl sites for hydroxylation is 1. The van der Waals surface area contributed by atoms with Gasteiger partial charge in [-0.05, 0) is 36.3 Å². The van der Waals surface area contributed by atoms with E-state index in [1.807, 2.05) is 17.7 Å². The van der Waals surface area contributed by atoms with E-state index in [2.05, 4.69) is 23.7 Å². The molecule has 102 valence electrons. The average molecular weight is 276 g/mol. The zero-order chi connectivity index (χ0) is 13.4. The molecule has 0 aromatic carbocycles. The summed E-state index contributed by atoms with van der Waals surface area (Å²) < 4.78 is 3.18. The van der Waals surface area contributed by atoms with Gasteiger partial charge in [0, 0.05) is 13.1 Å². The van der Waals surface area contributed by atoms with Gasteiger partial charge < -0.3 is 9.88 Å². The van der Waals surface area contributed by atoms with Crippen LogP contribution in [0.25, 0.3) is 10.2 Å². The average Bonchev–Trinajstić information content (AvgIpc) is 2.96. The smallest absolute Gasteiger partial charge is 0.268 e. The molecule has 4 heteroatoms. The molecule has 0 radical (unpaired) electrons. The number of thiophene rings is 1. The molecule has 1 aliphatic carbocycles. The van der Waals surface area contributed by atoms with Gasteiger partial charge in [-0.25, -0.2) is 0 Å². The molecule has 0 aliphatic heterocycles. The highest BCUT2D eigenvalue weighted by Gasteiger charge is 2.24. The van der Waals surface area contributed by atoms with Gasteiger partial charge in [-0.2, -0.15) is 0 Å². The van der Waals surface area contributed by atoms with Crippen LogP contribution in [0.3, 0.4) is 0 Å². The first-order valence-electron chi connectivity index (χ1n) is 7.00. The lowest BCUT2D eigenvalue weighted by atomic mass is 9.86. The Morgan fingerprint density at radius 1 is 1.42 bits per heavy atom. The van der Waals surface area contributed by atoms with Crippen LogP contribution in [0.15, 0.2) is 17.5 Å². The molecule has 3 nitrogen and oxygen atoms in total. The Bertz CT molecular complexity index is 598. The van der Waals surface area contributed by atoms with Gasteiger partial charge in [0.2, 0.25) is 0 Å². The summed E-state index contributed by atoms with van der Waals surface area (Å²) in [6.45, 7) is 2.24. The maximum Gasteiger partial charge on any atom is 0.268 e. The molecule has 1 fully saturated rings. The Hall–Kier alpha value is -1.29. The van der Waals surface area contributed by atoms with E-state index in [-0.39, 0.29) is 5.91 Å². The number of nitrogens with zero attached hydrogens (tertiary/aromatic N) is 1. The first-order valence-corrected chi connectivity index (χ1v) is 7.88. The number of carbonyl (C=O) groups is 1. The lowest BCUT2D eigenvalue weighted by Gasteiger charge is -2.29. The van der Waals surface area contributed by atoms with Gasteiger partial charge in [0.05, 0.1) is 10.2 Å². The van der Waals surface area contributed by atoms with E-state index in [1.54, 1.807) is 11.3 Å². The molecule has 1 aliphatic rings. The molecular formula is C15H20N2OS. The molecule has 2 unspecified atom stereocenters. The number of hydrogen-bond acceptors (Lipinski definition) is 2. The molecule has 2 aromatic rings. The minimum absolute atomic E-state index is 0.0738. The third kappa shape index (κ3) is 2.29. The van der Waals surface area contributed by atoms with Gasteiger partial charge in [-0.15, -0.1) is 11.3 Å². The van der Waals surface area contributed by atoms with Gasteiger partial charge >= 0.3 is 0 Å². The molecule has 2 aromatic heterocycles. The van der Waals surface area contributed by atoms with Crippen molar-refractivity contribution in [1.29, 1.82) is 0 Å².